The number of aromatic nitrogens is 2. The van der Waals surface area contributed by atoms with E-state index in [4.69, 9.17) is 11.6 Å². The fourth-order valence-electron chi connectivity index (χ4n) is 1.08. The minimum absolute atomic E-state index is 0.0605. The molecule has 0 radical (unpaired) electrons. The van der Waals surface area contributed by atoms with Crippen molar-refractivity contribution in [2.75, 3.05) is 4.72 Å². The minimum Gasteiger partial charge on any atom is -0.264 e. The van der Waals surface area contributed by atoms with E-state index in [1.54, 1.807) is 6.92 Å². The average Bonchev–Trinajstić information content (AvgIpc) is 2.89. The van der Waals surface area contributed by atoms with Crippen LogP contribution in [0.15, 0.2) is 12.4 Å². The van der Waals surface area contributed by atoms with Gasteiger partial charge in [-0.15, -0.1) is 0 Å². The number of sulfonamides is 1. The SMILES string of the molecule is CC1(S(=O)(=O)Nc2nccnc2Cl)CC1. The maximum atomic E-state index is 11.8. The fourth-order valence-corrected chi connectivity index (χ4v) is 2.58. The van der Waals surface area contributed by atoms with E-state index in [1.807, 2.05) is 0 Å². The number of hydrogen-bond donors (Lipinski definition) is 1. The zero-order chi connectivity index (χ0) is 11.1. The van der Waals surface area contributed by atoms with Crippen LogP contribution in [0, 0.1) is 0 Å². The van der Waals surface area contributed by atoms with Gasteiger partial charge in [-0.25, -0.2) is 18.4 Å². The van der Waals surface area contributed by atoms with Crippen LogP contribution in [-0.2, 0) is 10.0 Å². The summed E-state index contributed by atoms with van der Waals surface area (Å²) in [6.07, 6.45) is 4.12. The Bertz CT molecular complexity index is 484. The molecule has 0 amide bonds. The van der Waals surface area contributed by atoms with E-state index in [-0.39, 0.29) is 11.0 Å². The van der Waals surface area contributed by atoms with Crippen molar-refractivity contribution >= 4 is 27.4 Å². The van der Waals surface area contributed by atoms with Crippen molar-refractivity contribution in [3.05, 3.63) is 17.5 Å². The van der Waals surface area contributed by atoms with Crippen LogP contribution < -0.4 is 4.72 Å². The summed E-state index contributed by atoms with van der Waals surface area (Å²) in [7, 11) is -3.40. The molecule has 0 unspecified atom stereocenters. The lowest BCUT2D eigenvalue weighted by Crippen LogP contribution is -2.27. The van der Waals surface area contributed by atoms with Gasteiger partial charge in [0.25, 0.3) is 0 Å². The topological polar surface area (TPSA) is 72.0 Å². The number of rotatable bonds is 3. The molecule has 1 aromatic rings. The van der Waals surface area contributed by atoms with E-state index in [9.17, 15) is 8.42 Å². The molecule has 1 N–H and O–H groups in total. The second-order valence-corrected chi connectivity index (χ2v) is 6.31. The molecule has 1 aromatic heterocycles. The van der Waals surface area contributed by atoms with Gasteiger partial charge in [0.2, 0.25) is 10.0 Å². The first-order valence-corrected chi connectivity index (χ1v) is 6.30. The third-order valence-corrected chi connectivity index (χ3v) is 4.93. The standard InChI is InChI=1S/C8H10ClN3O2S/c1-8(2-3-8)15(13,14)12-7-6(9)10-4-5-11-7/h4-5H,2-3H2,1H3,(H,11,12). The summed E-state index contributed by atoms with van der Waals surface area (Å²) in [4.78, 5) is 7.56. The molecule has 1 heterocycles. The highest BCUT2D eigenvalue weighted by Gasteiger charge is 2.50. The van der Waals surface area contributed by atoms with Gasteiger partial charge in [-0.05, 0) is 19.8 Å². The second-order valence-electron chi connectivity index (χ2n) is 3.75. The number of anilines is 1. The first kappa shape index (κ1) is 10.6. The molecule has 2 rings (SSSR count). The smallest absolute Gasteiger partial charge is 0.239 e. The van der Waals surface area contributed by atoms with Crippen molar-refractivity contribution in [1.29, 1.82) is 0 Å². The molecule has 1 aliphatic rings. The predicted molar refractivity (Wildman–Crippen MR) is 57.2 cm³/mol. The van der Waals surface area contributed by atoms with Gasteiger partial charge in [-0.1, -0.05) is 11.6 Å². The molecule has 0 atom stereocenters. The molecule has 1 saturated carbocycles. The summed E-state index contributed by atoms with van der Waals surface area (Å²) in [5.41, 5.74) is 0. The van der Waals surface area contributed by atoms with Crippen LogP contribution in [0.4, 0.5) is 5.82 Å². The number of halogens is 1. The summed E-state index contributed by atoms with van der Waals surface area (Å²) in [6, 6.07) is 0. The van der Waals surface area contributed by atoms with Gasteiger partial charge >= 0.3 is 0 Å². The van der Waals surface area contributed by atoms with Gasteiger partial charge in [0.1, 0.15) is 0 Å². The van der Waals surface area contributed by atoms with Crippen LogP contribution >= 0.6 is 11.6 Å². The first-order valence-electron chi connectivity index (χ1n) is 4.43. The first-order chi connectivity index (χ1) is 6.95. The van der Waals surface area contributed by atoms with E-state index in [0.717, 1.165) is 0 Å². The normalized spacial score (nSPS) is 18.5. The van der Waals surface area contributed by atoms with Crippen molar-refractivity contribution in [3.63, 3.8) is 0 Å². The molecule has 5 nitrogen and oxygen atoms in total. The van der Waals surface area contributed by atoms with Gasteiger partial charge in [0, 0.05) is 12.4 Å². The van der Waals surface area contributed by atoms with Crippen molar-refractivity contribution in [2.24, 2.45) is 0 Å². The van der Waals surface area contributed by atoms with Gasteiger partial charge < -0.3 is 0 Å². The quantitative estimate of drug-likeness (QED) is 0.877. The number of hydrogen-bond acceptors (Lipinski definition) is 4. The average molecular weight is 248 g/mol. The molecule has 1 fully saturated rings. The summed E-state index contributed by atoms with van der Waals surface area (Å²) in [5, 5.41) is 0.0605. The number of nitrogens with zero attached hydrogens (tertiary/aromatic N) is 2. The Morgan fingerprint density at radius 3 is 2.53 bits per heavy atom. The van der Waals surface area contributed by atoms with Gasteiger partial charge in [-0.3, -0.25) is 4.72 Å². The van der Waals surface area contributed by atoms with Gasteiger partial charge in [0.05, 0.1) is 4.75 Å². The molecule has 0 bridgehead atoms. The molecule has 7 heteroatoms. The van der Waals surface area contributed by atoms with Crippen molar-refractivity contribution in [3.8, 4) is 0 Å². The highest BCUT2D eigenvalue weighted by Crippen LogP contribution is 2.43. The van der Waals surface area contributed by atoms with Crippen LogP contribution in [0.3, 0.4) is 0 Å². The molecular formula is C8H10ClN3O2S. The Morgan fingerprint density at radius 2 is 2.00 bits per heavy atom. The maximum Gasteiger partial charge on any atom is 0.239 e. The van der Waals surface area contributed by atoms with E-state index < -0.39 is 14.8 Å². The Hall–Kier alpha value is -0.880. The second kappa shape index (κ2) is 3.31. The largest absolute Gasteiger partial charge is 0.264 e. The Labute approximate surface area is 92.9 Å². The Morgan fingerprint density at radius 1 is 1.40 bits per heavy atom. The highest BCUT2D eigenvalue weighted by atomic mass is 35.5. The van der Waals surface area contributed by atoms with Crippen LogP contribution in [-0.4, -0.2) is 23.1 Å². The number of nitrogens with one attached hydrogen (secondary N) is 1. The van der Waals surface area contributed by atoms with Gasteiger partial charge in [-0.2, -0.15) is 0 Å². The summed E-state index contributed by atoms with van der Waals surface area (Å²) < 4.78 is 25.3. The summed E-state index contributed by atoms with van der Waals surface area (Å²) in [6.45, 7) is 1.69. The highest BCUT2D eigenvalue weighted by molar-refractivity contribution is 7.94. The van der Waals surface area contributed by atoms with Crippen LogP contribution in [0.1, 0.15) is 19.8 Å². The lowest BCUT2D eigenvalue weighted by Gasteiger charge is -2.12. The van der Waals surface area contributed by atoms with Crippen LogP contribution in [0.25, 0.3) is 0 Å². The minimum atomic E-state index is -3.40. The van der Waals surface area contributed by atoms with E-state index in [1.165, 1.54) is 12.4 Å². The van der Waals surface area contributed by atoms with Crippen molar-refractivity contribution < 1.29 is 8.42 Å². The monoisotopic (exact) mass is 247 g/mol. The molecule has 0 aromatic carbocycles. The van der Waals surface area contributed by atoms with E-state index >= 15 is 0 Å². The molecule has 82 valence electrons. The van der Waals surface area contributed by atoms with Crippen LogP contribution in [0.2, 0.25) is 5.15 Å². The molecule has 0 spiro atoms. The zero-order valence-corrected chi connectivity index (χ0v) is 9.64. The van der Waals surface area contributed by atoms with E-state index in [0.29, 0.717) is 12.8 Å². The van der Waals surface area contributed by atoms with Gasteiger partial charge in [0.15, 0.2) is 11.0 Å². The summed E-state index contributed by atoms with van der Waals surface area (Å²) in [5.74, 6) is 0.0901. The fraction of sp³-hybridized carbons (Fsp3) is 0.500. The molecule has 1 aliphatic carbocycles. The lowest BCUT2D eigenvalue weighted by atomic mass is 10.5. The predicted octanol–water partition coefficient (Wildman–Crippen LogP) is 1.42. The Kier molecular flexibility index (Phi) is 2.35. The molecule has 15 heavy (non-hydrogen) atoms. The zero-order valence-electron chi connectivity index (χ0n) is 8.07. The van der Waals surface area contributed by atoms with Crippen molar-refractivity contribution in [1.82, 2.24) is 9.97 Å². The lowest BCUT2D eigenvalue weighted by molar-refractivity contribution is 0.587. The molecule has 0 saturated heterocycles. The maximum absolute atomic E-state index is 11.8. The van der Waals surface area contributed by atoms with Crippen LogP contribution in [0.5, 0.6) is 0 Å². The third-order valence-electron chi connectivity index (χ3n) is 2.49. The summed E-state index contributed by atoms with van der Waals surface area (Å²) >= 11 is 5.70. The molecular weight excluding hydrogens is 238 g/mol. The van der Waals surface area contributed by atoms with Crippen molar-refractivity contribution in [2.45, 2.75) is 24.5 Å². The van der Waals surface area contributed by atoms with E-state index in [2.05, 4.69) is 14.7 Å². The molecule has 0 aliphatic heterocycles. The Balaban J connectivity index is 2.27. The third kappa shape index (κ3) is 1.91.